The molecule has 0 radical (unpaired) electrons. The van der Waals surface area contributed by atoms with Gasteiger partial charge in [0, 0.05) is 25.9 Å². The molecule has 0 heterocycles. The van der Waals surface area contributed by atoms with Crippen LogP contribution in [0, 0.1) is 11.3 Å². The minimum Gasteiger partial charge on any atom is -0.378 e. The predicted octanol–water partition coefficient (Wildman–Crippen LogP) is 4.94. The fraction of sp³-hybridized carbons (Fsp3) is 0.0833. The van der Waals surface area contributed by atoms with Crippen molar-refractivity contribution in [1.82, 2.24) is 0 Å². The Kier molecular flexibility index (Phi) is 5.88. The minimum atomic E-state index is -0.281. The first-order valence-electron chi connectivity index (χ1n) is 8.93. The zero-order valence-corrected chi connectivity index (χ0v) is 15.9. The van der Waals surface area contributed by atoms with Crippen LogP contribution >= 0.6 is 0 Å². The molecule has 1 N–H and O–H groups in total. The Bertz CT molecular complexity index is 1050. The number of nitrogens with zero attached hydrogens (tertiary/aromatic N) is 2. The van der Waals surface area contributed by atoms with Gasteiger partial charge in [-0.1, -0.05) is 48.5 Å². The van der Waals surface area contributed by atoms with E-state index in [1.807, 2.05) is 85.7 Å². The lowest BCUT2D eigenvalue weighted by atomic mass is 10.0. The van der Waals surface area contributed by atoms with Crippen molar-refractivity contribution in [2.45, 2.75) is 0 Å². The molecular formula is C24H21N3O. The summed E-state index contributed by atoms with van der Waals surface area (Å²) < 4.78 is 0. The zero-order valence-electron chi connectivity index (χ0n) is 15.9. The van der Waals surface area contributed by atoms with Crippen molar-refractivity contribution in [3.63, 3.8) is 0 Å². The molecule has 4 heteroatoms. The van der Waals surface area contributed by atoms with E-state index in [0.717, 1.165) is 22.4 Å². The van der Waals surface area contributed by atoms with Gasteiger partial charge in [-0.05, 0) is 47.0 Å². The maximum absolute atomic E-state index is 12.4. The molecule has 138 valence electrons. The third-order valence-electron chi connectivity index (χ3n) is 4.32. The van der Waals surface area contributed by atoms with E-state index >= 15 is 0 Å². The third-order valence-corrected chi connectivity index (χ3v) is 4.32. The van der Waals surface area contributed by atoms with Crippen LogP contribution in [0.1, 0.15) is 11.1 Å². The molecule has 4 nitrogen and oxygen atoms in total. The first-order valence-corrected chi connectivity index (χ1v) is 8.93. The van der Waals surface area contributed by atoms with Crippen molar-refractivity contribution in [3.8, 4) is 17.2 Å². The Morgan fingerprint density at radius 3 is 2.46 bits per heavy atom. The second-order valence-corrected chi connectivity index (χ2v) is 6.55. The molecule has 28 heavy (non-hydrogen) atoms. The number of nitrogens with one attached hydrogen (secondary N) is 1. The molecule has 0 atom stereocenters. The van der Waals surface area contributed by atoms with Gasteiger partial charge in [0.2, 0.25) is 5.91 Å². The van der Waals surface area contributed by atoms with E-state index < -0.39 is 0 Å². The van der Waals surface area contributed by atoms with Crippen LogP contribution in [0.25, 0.3) is 17.2 Å². The molecule has 0 bridgehead atoms. The molecule has 0 aliphatic heterocycles. The van der Waals surface area contributed by atoms with Gasteiger partial charge in [0.1, 0.15) is 6.07 Å². The van der Waals surface area contributed by atoms with Crippen molar-refractivity contribution in [3.05, 3.63) is 90.0 Å². The summed E-state index contributed by atoms with van der Waals surface area (Å²) in [6, 6.07) is 25.3. The molecule has 0 fully saturated rings. The zero-order chi connectivity index (χ0) is 19.9. The third kappa shape index (κ3) is 4.66. The van der Waals surface area contributed by atoms with E-state index in [0.29, 0.717) is 11.3 Å². The van der Waals surface area contributed by atoms with Crippen LogP contribution in [-0.2, 0) is 4.79 Å². The first-order chi connectivity index (χ1) is 13.6. The maximum atomic E-state index is 12.4. The smallest absolute Gasteiger partial charge is 0.248 e. The average Bonchev–Trinajstić information content (AvgIpc) is 2.73. The lowest BCUT2D eigenvalue weighted by Crippen LogP contribution is -2.09. The van der Waals surface area contributed by atoms with Crippen molar-refractivity contribution < 1.29 is 4.79 Å². The molecule has 0 saturated heterocycles. The standard InChI is InChI=1S/C24H21N3O/c1-27(2)22-10-6-7-18(15-22)11-14-24(28)26-23-16-20(12-13-21(23)17-25)19-8-4-3-5-9-19/h3-16H,1-2H3,(H,26,28)/b14-11+. The van der Waals surface area contributed by atoms with Crippen LogP contribution in [0.15, 0.2) is 78.9 Å². The van der Waals surface area contributed by atoms with Crippen LogP contribution in [0.2, 0.25) is 0 Å². The second kappa shape index (κ2) is 8.70. The summed E-state index contributed by atoms with van der Waals surface area (Å²) in [6.45, 7) is 0. The van der Waals surface area contributed by atoms with Crippen molar-refractivity contribution in [1.29, 1.82) is 5.26 Å². The van der Waals surface area contributed by atoms with Crippen LogP contribution in [-0.4, -0.2) is 20.0 Å². The Hall–Kier alpha value is -3.84. The van der Waals surface area contributed by atoms with Gasteiger partial charge in [0.25, 0.3) is 0 Å². The van der Waals surface area contributed by atoms with Gasteiger partial charge in [0.05, 0.1) is 11.3 Å². The first kappa shape index (κ1) is 18.9. The molecule has 3 aromatic carbocycles. The number of hydrogen-bond acceptors (Lipinski definition) is 3. The summed E-state index contributed by atoms with van der Waals surface area (Å²) in [5.41, 5.74) is 4.89. The summed E-state index contributed by atoms with van der Waals surface area (Å²) in [4.78, 5) is 14.4. The molecule has 0 spiro atoms. The molecular weight excluding hydrogens is 346 g/mol. The fourth-order valence-electron chi connectivity index (χ4n) is 2.81. The maximum Gasteiger partial charge on any atom is 0.248 e. The van der Waals surface area contributed by atoms with E-state index in [4.69, 9.17) is 0 Å². The van der Waals surface area contributed by atoms with Crippen molar-refractivity contribution in [2.24, 2.45) is 0 Å². The van der Waals surface area contributed by atoms with E-state index in [-0.39, 0.29) is 5.91 Å². The molecule has 1 amide bonds. The van der Waals surface area contributed by atoms with Crippen LogP contribution in [0.5, 0.6) is 0 Å². The number of amides is 1. The summed E-state index contributed by atoms with van der Waals surface area (Å²) in [6.07, 6.45) is 3.24. The lowest BCUT2D eigenvalue weighted by Gasteiger charge is -2.12. The van der Waals surface area contributed by atoms with Gasteiger partial charge < -0.3 is 10.2 Å². The summed E-state index contributed by atoms with van der Waals surface area (Å²) in [5, 5.41) is 12.2. The quantitative estimate of drug-likeness (QED) is 0.650. The Labute approximate surface area is 165 Å². The number of benzene rings is 3. The normalized spacial score (nSPS) is 10.5. The molecule has 0 aliphatic carbocycles. The minimum absolute atomic E-state index is 0.281. The number of hydrogen-bond donors (Lipinski definition) is 1. The molecule has 3 rings (SSSR count). The van der Waals surface area contributed by atoms with E-state index in [9.17, 15) is 10.1 Å². The van der Waals surface area contributed by atoms with Crippen molar-refractivity contribution >= 4 is 23.4 Å². The molecule has 3 aromatic rings. The van der Waals surface area contributed by atoms with Crippen LogP contribution in [0.4, 0.5) is 11.4 Å². The van der Waals surface area contributed by atoms with E-state index in [2.05, 4.69) is 11.4 Å². The van der Waals surface area contributed by atoms with E-state index in [1.165, 1.54) is 6.08 Å². The van der Waals surface area contributed by atoms with Crippen LogP contribution in [0.3, 0.4) is 0 Å². The van der Waals surface area contributed by atoms with Gasteiger partial charge in [0.15, 0.2) is 0 Å². The largest absolute Gasteiger partial charge is 0.378 e. The summed E-state index contributed by atoms with van der Waals surface area (Å²) >= 11 is 0. The van der Waals surface area contributed by atoms with Crippen LogP contribution < -0.4 is 10.2 Å². The van der Waals surface area contributed by atoms with Gasteiger partial charge in [-0.25, -0.2) is 0 Å². The number of anilines is 2. The highest BCUT2D eigenvalue weighted by atomic mass is 16.1. The van der Waals surface area contributed by atoms with E-state index in [1.54, 1.807) is 12.1 Å². The SMILES string of the molecule is CN(C)c1cccc(/C=C/C(=O)Nc2cc(-c3ccccc3)ccc2C#N)c1. The molecule has 0 saturated carbocycles. The second-order valence-electron chi connectivity index (χ2n) is 6.55. The summed E-state index contributed by atoms with van der Waals surface area (Å²) in [5.74, 6) is -0.281. The van der Waals surface area contributed by atoms with Gasteiger partial charge in [-0.2, -0.15) is 5.26 Å². The monoisotopic (exact) mass is 367 g/mol. The van der Waals surface area contributed by atoms with Gasteiger partial charge >= 0.3 is 0 Å². The number of rotatable bonds is 5. The highest BCUT2D eigenvalue weighted by Crippen LogP contribution is 2.25. The number of carbonyl (C=O) groups is 1. The Morgan fingerprint density at radius 1 is 0.964 bits per heavy atom. The Balaban J connectivity index is 1.80. The predicted molar refractivity (Wildman–Crippen MR) is 115 cm³/mol. The average molecular weight is 367 g/mol. The van der Waals surface area contributed by atoms with Gasteiger partial charge in [-0.3, -0.25) is 4.79 Å². The topological polar surface area (TPSA) is 56.1 Å². The number of nitriles is 1. The molecule has 0 unspecified atom stereocenters. The fourth-order valence-corrected chi connectivity index (χ4v) is 2.81. The molecule has 0 aliphatic rings. The highest BCUT2D eigenvalue weighted by molar-refractivity contribution is 6.03. The summed E-state index contributed by atoms with van der Waals surface area (Å²) in [7, 11) is 3.94. The number of carbonyl (C=O) groups excluding carboxylic acids is 1. The molecule has 0 aromatic heterocycles. The lowest BCUT2D eigenvalue weighted by molar-refractivity contribution is -0.111. The van der Waals surface area contributed by atoms with Gasteiger partial charge in [-0.15, -0.1) is 0 Å². The Morgan fingerprint density at radius 2 is 1.75 bits per heavy atom. The van der Waals surface area contributed by atoms with Crippen molar-refractivity contribution in [2.75, 3.05) is 24.3 Å². The highest BCUT2D eigenvalue weighted by Gasteiger charge is 2.07.